The molecule has 0 aliphatic carbocycles. The molecule has 4 rings (SSSR count). The average molecular weight is 372 g/mol. The van der Waals surface area contributed by atoms with Crippen LogP contribution in [0.4, 0.5) is 11.4 Å². The fourth-order valence-corrected chi connectivity index (χ4v) is 5.25. The van der Waals surface area contributed by atoms with Crippen molar-refractivity contribution < 1.29 is 9.90 Å². The molecule has 2 aliphatic heterocycles. The van der Waals surface area contributed by atoms with Gasteiger partial charge in [-0.15, -0.1) is 0 Å². The van der Waals surface area contributed by atoms with Gasteiger partial charge in [0.25, 0.3) is 5.91 Å². The smallest absolute Gasteiger partial charge is 0.273 e. The third-order valence-electron chi connectivity index (χ3n) is 3.81. The molecule has 2 aromatic rings. The van der Waals surface area contributed by atoms with Crippen LogP contribution in [0.15, 0.2) is 63.4 Å². The second-order valence-electron chi connectivity index (χ2n) is 5.29. The summed E-state index contributed by atoms with van der Waals surface area (Å²) in [4.78, 5) is 18.3. The van der Waals surface area contributed by atoms with Gasteiger partial charge < -0.3 is 10.0 Å². The standard InChI is InChI=1S/C17H12N2O2S3/c1-18-12-4-2-3-5-13(12)23-16(18)14-15(21)19(17(22)24-14)10-6-8-11(20)9-7-10/h2-9,20H,1H3. The lowest BCUT2D eigenvalue weighted by Crippen LogP contribution is -2.28. The van der Waals surface area contributed by atoms with Gasteiger partial charge in [-0.2, -0.15) is 0 Å². The van der Waals surface area contributed by atoms with E-state index < -0.39 is 0 Å². The summed E-state index contributed by atoms with van der Waals surface area (Å²) in [7, 11) is 1.96. The number of aromatic hydroxyl groups is 1. The number of fused-ring (bicyclic) bond motifs is 1. The number of phenolic OH excluding ortho intramolecular Hbond substituents is 1. The molecule has 24 heavy (non-hydrogen) atoms. The van der Waals surface area contributed by atoms with Crippen molar-refractivity contribution in [1.82, 2.24) is 0 Å². The summed E-state index contributed by atoms with van der Waals surface area (Å²) < 4.78 is 0.498. The molecule has 1 N–H and O–H groups in total. The predicted octanol–water partition coefficient (Wildman–Crippen LogP) is 4.17. The Morgan fingerprint density at radius 2 is 1.75 bits per heavy atom. The minimum Gasteiger partial charge on any atom is -0.508 e. The van der Waals surface area contributed by atoms with Gasteiger partial charge in [-0.3, -0.25) is 9.69 Å². The lowest BCUT2D eigenvalue weighted by Gasteiger charge is -2.16. The van der Waals surface area contributed by atoms with E-state index in [1.54, 1.807) is 36.0 Å². The number of hydrogen-bond donors (Lipinski definition) is 1. The monoisotopic (exact) mass is 372 g/mol. The van der Waals surface area contributed by atoms with Crippen LogP contribution in [0.1, 0.15) is 0 Å². The number of para-hydroxylation sites is 1. The quantitative estimate of drug-likeness (QED) is 0.599. The minimum absolute atomic E-state index is 0.127. The maximum absolute atomic E-state index is 12.9. The van der Waals surface area contributed by atoms with Crippen molar-refractivity contribution in [3.05, 3.63) is 58.5 Å². The van der Waals surface area contributed by atoms with E-state index in [1.165, 1.54) is 16.7 Å². The molecule has 120 valence electrons. The molecule has 2 aliphatic rings. The average Bonchev–Trinajstić information content (AvgIpc) is 3.06. The molecule has 0 radical (unpaired) electrons. The zero-order valence-corrected chi connectivity index (χ0v) is 15.0. The predicted molar refractivity (Wildman–Crippen MR) is 104 cm³/mol. The van der Waals surface area contributed by atoms with E-state index in [0.717, 1.165) is 15.6 Å². The van der Waals surface area contributed by atoms with E-state index in [0.29, 0.717) is 14.9 Å². The summed E-state index contributed by atoms with van der Waals surface area (Å²) in [5.41, 5.74) is 1.75. The van der Waals surface area contributed by atoms with Gasteiger partial charge >= 0.3 is 0 Å². The summed E-state index contributed by atoms with van der Waals surface area (Å²) in [5.74, 6) is 0.0296. The van der Waals surface area contributed by atoms with Crippen LogP contribution in [0.3, 0.4) is 0 Å². The Morgan fingerprint density at radius 1 is 1.04 bits per heavy atom. The normalized spacial score (nSPS) is 20.0. The van der Waals surface area contributed by atoms with Crippen molar-refractivity contribution in [2.75, 3.05) is 16.8 Å². The maximum Gasteiger partial charge on any atom is 0.273 e. The van der Waals surface area contributed by atoms with Crippen LogP contribution in [-0.4, -0.2) is 22.4 Å². The Hall–Kier alpha value is -1.96. The third-order valence-corrected chi connectivity index (χ3v) is 6.54. The van der Waals surface area contributed by atoms with Crippen LogP contribution >= 0.6 is 35.7 Å². The molecule has 4 nitrogen and oxygen atoms in total. The number of anilines is 2. The highest BCUT2D eigenvalue weighted by atomic mass is 32.2. The number of hydrogen-bond acceptors (Lipinski definition) is 6. The molecule has 0 bridgehead atoms. The number of benzene rings is 2. The highest BCUT2D eigenvalue weighted by Crippen LogP contribution is 2.50. The summed E-state index contributed by atoms with van der Waals surface area (Å²) >= 11 is 8.31. The molecule has 0 aromatic heterocycles. The first-order chi connectivity index (χ1) is 11.6. The number of thiocarbonyl (C=S) groups is 1. The van der Waals surface area contributed by atoms with Crippen molar-refractivity contribution in [2.45, 2.75) is 4.90 Å². The SMILES string of the molecule is CN1C(=C2SC(=S)N(c3ccc(O)cc3)C2=O)Sc2ccccc21. The van der Waals surface area contributed by atoms with Gasteiger partial charge in [-0.05, 0) is 36.4 Å². The summed E-state index contributed by atoms with van der Waals surface area (Å²) in [6.07, 6.45) is 0. The number of phenols is 1. The largest absolute Gasteiger partial charge is 0.508 e. The van der Waals surface area contributed by atoms with Crippen LogP contribution in [-0.2, 0) is 4.79 Å². The Morgan fingerprint density at radius 3 is 2.46 bits per heavy atom. The van der Waals surface area contributed by atoms with Gasteiger partial charge in [0.05, 0.1) is 16.4 Å². The number of rotatable bonds is 1. The minimum atomic E-state index is -0.127. The highest BCUT2D eigenvalue weighted by Gasteiger charge is 2.38. The molecule has 0 saturated carbocycles. The van der Waals surface area contributed by atoms with Gasteiger partial charge in [0.2, 0.25) is 0 Å². The Bertz CT molecular complexity index is 893. The van der Waals surface area contributed by atoms with Crippen LogP contribution < -0.4 is 9.80 Å². The van der Waals surface area contributed by atoms with Gasteiger partial charge in [-0.1, -0.05) is 47.9 Å². The first-order valence-electron chi connectivity index (χ1n) is 7.16. The third kappa shape index (κ3) is 2.40. The molecule has 7 heteroatoms. The van der Waals surface area contributed by atoms with E-state index in [4.69, 9.17) is 12.2 Å². The number of carbonyl (C=O) groups excluding carboxylic acids is 1. The molecular weight excluding hydrogens is 360 g/mol. The van der Waals surface area contributed by atoms with Gasteiger partial charge in [-0.25, -0.2) is 0 Å². The Labute approximate surface area is 153 Å². The molecule has 0 spiro atoms. The van der Waals surface area contributed by atoms with Crippen molar-refractivity contribution in [3.63, 3.8) is 0 Å². The summed E-state index contributed by atoms with van der Waals surface area (Å²) in [5, 5.41) is 10.3. The number of nitrogens with zero attached hydrogens (tertiary/aromatic N) is 2. The fourth-order valence-electron chi connectivity index (χ4n) is 2.62. The van der Waals surface area contributed by atoms with Crippen LogP contribution in [0.5, 0.6) is 5.75 Å². The highest BCUT2D eigenvalue weighted by molar-refractivity contribution is 8.27. The van der Waals surface area contributed by atoms with Gasteiger partial charge in [0.15, 0.2) is 4.32 Å². The van der Waals surface area contributed by atoms with Crippen molar-refractivity contribution >= 4 is 57.3 Å². The van der Waals surface area contributed by atoms with E-state index in [2.05, 4.69) is 0 Å². The Kier molecular flexibility index (Phi) is 3.79. The van der Waals surface area contributed by atoms with E-state index in [1.807, 2.05) is 36.2 Å². The molecule has 0 unspecified atom stereocenters. The number of carbonyl (C=O) groups is 1. The summed E-state index contributed by atoms with van der Waals surface area (Å²) in [6, 6.07) is 14.5. The zero-order valence-electron chi connectivity index (χ0n) is 12.6. The zero-order chi connectivity index (χ0) is 16.8. The molecule has 1 amide bonds. The molecule has 2 aromatic carbocycles. The molecule has 1 fully saturated rings. The molecular formula is C17H12N2O2S3. The van der Waals surface area contributed by atoms with Crippen LogP contribution in [0, 0.1) is 0 Å². The first kappa shape index (κ1) is 15.6. The van der Waals surface area contributed by atoms with Crippen LogP contribution in [0.2, 0.25) is 0 Å². The van der Waals surface area contributed by atoms with E-state index in [9.17, 15) is 9.90 Å². The summed E-state index contributed by atoms with van der Waals surface area (Å²) in [6.45, 7) is 0. The topological polar surface area (TPSA) is 43.8 Å². The fraction of sp³-hybridized carbons (Fsp3) is 0.0588. The second kappa shape index (κ2) is 5.84. The van der Waals surface area contributed by atoms with Crippen molar-refractivity contribution in [2.24, 2.45) is 0 Å². The van der Waals surface area contributed by atoms with E-state index in [-0.39, 0.29) is 11.7 Å². The lowest BCUT2D eigenvalue weighted by atomic mass is 10.2. The lowest BCUT2D eigenvalue weighted by molar-refractivity contribution is -0.113. The van der Waals surface area contributed by atoms with Crippen molar-refractivity contribution in [3.8, 4) is 5.75 Å². The number of thioether (sulfide) groups is 2. The first-order valence-corrected chi connectivity index (χ1v) is 9.20. The number of amides is 1. The van der Waals surface area contributed by atoms with Gasteiger partial charge in [0, 0.05) is 11.9 Å². The molecule has 2 heterocycles. The van der Waals surface area contributed by atoms with Gasteiger partial charge in [0.1, 0.15) is 10.7 Å². The van der Waals surface area contributed by atoms with E-state index >= 15 is 0 Å². The van der Waals surface area contributed by atoms with Crippen LogP contribution in [0.25, 0.3) is 0 Å². The molecule has 1 saturated heterocycles. The second-order valence-corrected chi connectivity index (χ2v) is 7.96. The maximum atomic E-state index is 12.9. The van der Waals surface area contributed by atoms with Crippen molar-refractivity contribution in [1.29, 1.82) is 0 Å². The Balaban J connectivity index is 1.73. The molecule has 0 atom stereocenters.